The summed E-state index contributed by atoms with van der Waals surface area (Å²) in [5.74, 6) is 0.405. The maximum atomic E-state index is 2.63. The minimum atomic E-state index is 0.405. The Bertz CT molecular complexity index is 727. The zero-order chi connectivity index (χ0) is 16.9. The number of piperidine rings is 1. The molecule has 1 atom stereocenters. The van der Waals surface area contributed by atoms with Gasteiger partial charge < -0.3 is 4.90 Å². The van der Waals surface area contributed by atoms with Gasteiger partial charge in [-0.25, -0.2) is 0 Å². The second-order valence-electron chi connectivity index (χ2n) is 6.89. The van der Waals surface area contributed by atoms with E-state index in [1.165, 1.54) is 36.1 Å². The Balaban J connectivity index is 1.77. The van der Waals surface area contributed by atoms with Gasteiger partial charge in [-0.15, -0.1) is 0 Å². The van der Waals surface area contributed by atoms with Crippen LogP contribution in [0, 0.1) is 0 Å². The Morgan fingerprint density at radius 2 is 1.16 bits per heavy atom. The van der Waals surface area contributed by atoms with E-state index in [0.717, 1.165) is 6.54 Å². The van der Waals surface area contributed by atoms with Gasteiger partial charge in [0.2, 0.25) is 0 Å². The Morgan fingerprint density at radius 3 is 1.72 bits per heavy atom. The molecule has 0 aromatic heterocycles. The quantitative estimate of drug-likeness (QED) is 0.578. The van der Waals surface area contributed by atoms with E-state index in [-0.39, 0.29) is 0 Å². The van der Waals surface area contributed by atoms with Crippen molar-refractivity contribution >= 4 is 5.69 Å². The molecule has 1 aliphatic rings. The molecule has 0 saturated carbocycles. The fourth-order valence-electron chi connectivity index (χ4n) is 4.20. The first-order valence-corrected chi connectivity index (χ1v) is 9.35. The molecule has 0 aliphatic carbocycles. The van der Waals surface area contributed by atoms with Gasteiger partial charge in [-0.1, -0.05) is 78.9 Å². The molecule has 126 valence electrons. The van der Waals surface area contributed by atoms with E-state index < -0.39 is 0 Å². The molecular weight excluding hydrogens is 302 g/mol. The summed E-state index contributed by atoms with van der Waals surface area (Å²) < 4.78 is 0. The molecule has 0 radical (unpaired) electrons. The first-order chi connectivity index (χ1) is 12.4. The van der Waals surface area contributed by atoms with Gasteiger partial charge in [0.1, 0.15) is 0 Å². The second kappa shape index (κ2) is 7.57. The summed E-state index contributed by atoms with van der Waals surface area (Å²) in [6.07, 6.45) is 3.83. The number of anilines is 1. The van der Waals surface area contributed by atoms with Gasteiger partial charge >= 0.3 is 0 Å². The van der Waals surface area contributed by atoms with Crippen LogP contribution in [0.5, 0.6) is 0 Å². The highest BCUT2D eigenvalue weighted by atomic mass is 15.2. The van der Waals surface area contributed by atoms with Crippen LogP contribution in [-0.2, 0) is 0 Å². The molecule has 1 fully saturated rings. The topological polar surface area (TPSA) is 3.24 Å². The van der Waals surface area contributed by atoms with E-state index in [1.807, 2.05) is 0 Å². The average molecular weight is 327 g/mol. The first-order valence-electron chi connectivity index (χ1n) is 9.35. The molecule has 0 N–H and O–H groups in total. The smallest absolute Gasteiger partial charge is 0.0399 e. The minimum absolute atomic E-state index is 0.405. The fourth-order valence-corrected chi connectivity index (χ4v) is 4.20. The van der Waals surface area contributed by atoms with Crippen LogP contribution >= 0.6 is 0 Å². The van der Waals surface area contributed by atoms with E-state index in [0.29, 0.717) is 12.0 Å². The molecule has 25 heavy (non-hydrogen) atoms. The third-order valence-corrected chi connectivity index (χ3v) is 5.34. The Labute approximate surface area is 150 Å². The number of nitrogens with zero attached hydrogens (tertiary/aromatic N) is 1. The lowest BCUT2D eigenvalue weighted by Crippen LogP contribution is -2.43. The lowest BCUT2D eigenvalue weighted by atomic mass is 9.80. The molecule has 4 rings (SSSR count). The lowest BCUT2D eigenvalue weighted by Gasteiger charge is -2.42. The molecule has 1 unspecified atom stereocenters. The van der Waals surface area contributed by atoms with Gasteiger partial charge in [0, 0.05) is 24.2 Å². The molecular formula is C24H25N. The summed E-state index contributed by atoms with van der Waals surface area (Å²) >= 11 is 0. The van der Waals surface area contributed by atoms with Gasteiger partial charge in [-0.3, -0.25) is 0 Å². The van der Waals surface area contributed by atoms with Crippen molar-refractivity contribution in [2.75, 3.05) is 11.4 Å². The van der Waals surface area contributed by atoms with E-state index >= 15 is 0 Å². The predicted molar refractivity (Wildman–Crippen MR) is 106 cm³/mol. The molecule has 1 nitrogen and oxygen atoms in total. The van der Waals surface area contributed by atoms with Gasteiger partial charge in [0.25, 0.3) is 0 Å². The Morgan fingerprint density at radius 1 is 0.640 bits per heavy atom. The van der Waals surface area contributed by atoms with Crippen LogP contribution in [0.1, 0.15) is 36.3 Å². The number of hydrogen-bond donors (Lipinski definition) is 0. The average Bonchev–Trinajstić information content (AvgIpc) is 2.71. The SMILES string of the molecule is c1ccc(C(c2ccccc2)C2CCCCN2c2ccccc2)cc1. The lowest BCUT2D eigenvalue weighted by molar-refractivity contribution is 0.427. The molecule has 1 heterocycles. The molecule has 3 aromatic carbocycles. The largest absolute Gasteiger partial charge is 0.368 e. The van der Waals surface area contributed by atoms with Crippen molar-refractivity contribution in [1.82, 2.24) is 0 Å². The van der Waals surface area contributed by atoms with Gasteiger partial charge in [-0.05, 0) is 42.5 Å². The molecule has 1 heteroatoms. The molecule has 0 amide bonds. The van der Waals surface area contributed by atoms with Crippen molar-refractivity contribution in [1.29, 1.82) is 0 Å². The molecule has 1 saturated heterocycles. The number of benzene rings is 3. The summed E-state index contributed by atoms with van der Waals surface area (Å²) in [4.78, 5) is 2.63. The minimum Gasteiger partial charge on any atom is -0.368 e. The zero-order valence-corrected chi connectivity index (χ0v) is 14.6. The van der Waals surface area contributed by atoms with Crippen LogP contribution < -0.4 is 4.90 Å². The summed E-state index contributed by atoms with van der Waals surface area (Å²) in [7, 11) is 0. The maximum absolute atomic E-state index is 2.63. The van der Waals surface area contributed by atoms with Crippen molar-refractivity contribution in [3.05, 3.63) is 102 Å². The van der Waals surface area contributed by atoms with Crippen molar-refractivity contribution in [2.24, 2.45) is 0 Å². The third-order valence-electron chi connectivity index (χ3n) is 5.34. The monoisotopic (exact) mass is 327 g/mol. The third kappa shape index (κ3) is 3.46. The van der Waals surface area contributed by atoms with E-state index in [1.54, 1.807) is 0 Å². The summed E-state index contributed by atoms with van der Waals surface area (Å²) in [5, 5.41) is 0. The number of rotatable bonds is 4. The van der Waals surface area contributed by atoms with Crippen LogP contribution in [-0.4, -0.2) is 12.6 Å². The first kappa shape index (κ1) is 16.0. The molecule has 3 aromatic rings. The second-order valence-corrected chi connectivity index (χ2v) is 6.89. The fraction of sp³-hybridized carbons (Fsp3) is 0.250. The van der Waals surface area contributed by atoms with Crippen LogP contribution in [0.2, 0.25) is 0 Å². The van der Waals surface area contributed by atoms with E-state index in [4.69, 9.17) is 0 Å². The zero-order valence-electron chi connectivity index (χ0n) is 14.6. The maximum Gasteiger partial charge on any atom is 0.0399 e. The predicted octanol–water partition coefficient (Wildman–Crippen LogP) is 5.88. The Kier molecular flexibility index (Phi) is 4.83. The highest BCUT2D eigenvalue weighted by molar-refractivity contribution is 5.50. The van der Waals surface area contributed by atoms with Crippen molar-refractivity contribution in [2.45, 2.75) is 31.2 Å². The number of hydrogen-bond acceptors (Lipinski definition) is 1. The molecule has 0 bridgehead atoms. The number of para-hydroxylation sites is 1. The van der Waals surface area contributed by atoms with Gasteiger partial charge in [0.05, 0.1) is 0 Å². The summed E-state index contributed by atoms with van der Waals surface area (Å²) in [6, 6.07) is 33.5. The highest BCUT2D eigenvalue weighted by Crippen LogP contribution is 2.37. The van der Waals surface area contributed by atoms with Crippen molar-refractivity contribution in [3.8, 4) is 0 Å². The summed E-state index contributed by atoms with van der Waals surface area (Å²) in [5.41, 5.74) is 4.19. The van der Waals surface area contributed by atoms with Crippen molar-refractivity contribution < 1.29 is 0 Å². The van der Waals surface area contributed by atoms with Crippen molar-refractivity contribution in [3.63, 3.8) is 0 Å². The van der Waals surface area contributed by atoms with Crippen LogP contribution in [0.25, 0.3) is 0 Å². The van der Waals surface area contributed by atoms with Crippen LogP contribution in [0.4, 0.5) is 5.69 Å². The van der Waals surface area contributed by atoms with Gasteiger partial charge in [0.15, 0.2) is 0 Å². The highest BCUT2D eigenvalue weighted by Gasteiger charge is 2.32. The van der Waals surface area contributed by atoms with Gasteiger partial charge in [-0.2, -0.15) is 0 Å². The van der Waals surface area contributed by atoms with E-state index in [9.17, 15) is 0 Å². The van der Waals surface area contributed by atoms with Crippen LogP contribution in [0.15, 0.2) is 91.0 Å². The standard InChI is InChI=1S/C24H25N/c1-4-12-20(13-5-1)24(21-14-6-2-7-15-21)23-18-10-11-19-25(23)22-16-8-3-9-17-22/h1-9,12-17,23-24H,10-11,18-19H2. The normalized spacial score (nSPS) is 17.6. The summed E-state index contributed by atoms with van der Waals surface area (Å²) in [6.45, 7) is 1.14. The van der Waals surface area contributed by atoms with Crippen LogP contribution in [0.3, 0.4) is 0 Å². The Hall–Kier alpha value is -2.54. The molecule has 0 spiro atoms. The molecule has 1 aliphatic heterocycles. The van der Waals surface area contributed by atoms with E-state index in [2.05, 4.69) is 95.9 Å².